The fourth-order valence-corrected chi connectivity index (χ4v) is 2.83. The van der Waals surface area contributed by atoms with Gasteiger partial charge in [0, 0.05) is 23.6 Å². The van der Waals surface area contributed by atoms with Gasteiger partial charge in [-0.1, -0.05) is 42.5 Å². The molecule has 0 radical (unpaired) electrons. The topological polar surface area (TPSA) is 29.1 Å². The minimum absolute atomic E-state index is 0.0271. The Bertz CT molecular complexity index is 633. The van der Waals surface area contributed by atoms with E-state index < -0.39 is 0 Å². The molecule has 1 fully saturated rings. The van der Waals surface area contributed by atoms with E-state index in [-0.39, 0.29) is 17.5 Å². The van der Waals surface area contributed by atoms with Gasteiger partial charge >= 0.3 is 0 Å². The van der Waals surface area contributed by atoms with E-state index in [0.29, 0.717) is 17.7 Å². The Balaban J connectivity index is 1.85. The Morgan fingerprint density at radius 3 is 2.62 bits per heavy atom. The fourth-order valence-electron chi connectivity index (χ4n) is 2.83. The van der Waals surface area contributed by atoms with E-state index in [9.17, 15) is 9.18 Å². The summed E-state index contributed by atoms with van der Waals surface area (Å²) >= 11 is 0. The zero-order valence-electron chi connectivity index (χ0n) is 11.8. The average molecular weight is 283 g/mol. The van der Waals surface area contributed by atoms with Crippen molar-refractivity contribution < 1.29 is 9.18 Å². The summed E-state index contributed by atoms with van der Waals surface area (Å²) in [6, 6.07) is 14.2. The van der Waals surface area contributed by atoms with Crippen LogP contribution in [-0.2, 0) is 0 Å². The van der Waals surface area contributed by atoms with Crippen LogP contribution < -0.4 is 5.32 Å². The van der Waals surface area contributed by atoms with Gasteiger partial charge in [-0.05, 0) is 31.0 Å². The van der Waals surface area contributed by atoms with Crippen molar-refractivity contribution in [2.24, 2.45) is 5.92 Å². The second-order valence-electron chi connectivity index (χ2n) is 5.47. The lowest BCUT2D eigenvalue weighted by molar-refractivity contribution is 0.0899. The van der Waals surface area contributed by atoms with Crippen LogP contribution in [0.5, 0.6) is 0 Å². The van der Waals surface area contributed by atoms with Crippen LogP contribution in [0.4, 0.5) is 4.39 Å². The number of hydrogen-bond donors (Lipinski definition) is 1. The Hall–Kier alpha value is -2.00. The fraction of sp³-hybridized carbons (Fsp3) is 0.278. The summed E-state index contributed by atoms with van der Waals surface area (Å²) in [4.78, 5) is 12.4. The standard InChI is InChI=1S/C18H18FNO/c19-17-11-14(18(21)15-7-4-10-20-12-15)8-9-16(17)13-5-2-1-3-6-13/h1-3,5-6,8-9,11,15,20H,4,7,10,12H2. The van der Waals surface area contributed by atoms with Crippen LogP contribution in [0, 0.1) is 11.7 Å². The molecule has 0 amide bonds. The van der Waals surface area contributed by atoms with Crippen LogP contribution in [0.15, 0.2) is 48.5 Å². The summed E-state index contributed by atoms with van der Waals surface area (Å²) in [6.45, 7) is 1.66. The molecule has 1 unspecified atom stereocenters. The summed E-state index contributed by atoms with van der Waals surface area (Å²) in [6.07, 6.45) is 1.88. The molecule has 1 saturated heterocycles. The maximum atomic E-state index is 14.3. The quantitative estimate of drug-likeness (QED) is 0.871. The van der Waals surface area contributed by atoms with Crippen molar-refractivity contribution >= 4 is 5.78 Å². The summed E-state index contributed by atoms with van der Waals surface area (Å²) < 4.78 is 14.3. The lowest BCUT2D eigenvalue weighted by Crippen LogP contribution is -2.34. The average Bonchev–Trinajstić information content (AvgIpc) is 2.55. The molecule has 21 heavy (non-hydrogen) atoms. The van der Waals surface area contributed by atoms with Crippen LogP contribution in [0.1, 0.15) is 23.2 Å². The van der Waals surface area contributed by atoms with E-state index in [0.717, 1.165) is 24.9 Å². The van der Waals surface area contributed by atoms with Gasteiger partial charge in [0.05, 0.1) is 0 Å². The lowest BCUT2D eigenvalue weighted by atomic mass is 9.90. The highest BCUT2D eigenvalue weighted by Gasteiger charge is 2.22. The van der Waals surface area contributed by atoms with E-state index in [1.807, 2.05) is 30.3 Å². The molecule has 1 atom stereocenters. The van der Waals surface area contributed by atoms with Crippen molar-refractivity contribution in [2.45, 2.75) is 12.8 Å². The van der Waals surface area contributed by atoms with Crippen molar-refractivity contribution in [1.29, 1.82) is 0 Å². The number of halogens is 1. The highest BCUT2D eigenvalue weighted by molar-refractivity contribution is 5.98. The molecule has 2 aromatic rings. The van der Waals surface area contributed by atoms with E-state index >= 15 is 0 Å². The van der Waals surface area contributed by atoms with Gasteiger partial charge in [-0.15, -0.1) is 0 Å². The molecule has 0 aromatic heterocycles. The van der Waals surface area contributed by atoms with Crippen LogP contribution in [-0.4, -0.2) is 18.9 Å². The number of carbonyl (C=O) groups is 1. The Morgan fingerprint density at radius 1 is 1.14 bits per heavy atom. The minimum atomic E-state index is -0.337. The Labute approximate surface area is 124 Å². The van der Waals surface area contributed by atoms with E-state index in [2.05, 4.69) is 5.32 Å². The molecule has 0 spiro atoms. The van der Waals surface area contributed by atoms with Gasteiger partial charge in [0.25, 0.3) is 0 Å². The zero-order chi connectivity index (χ0) is 14.7. The summed E-state index contributed by atoms with van der Waals surface area (Å²) in [5.41, 5.74) is 1.84. The zero-order valence-corrected chi connectivity index (χ0v) is 11.8. The van der Waals surface area contributed by atoms with Gasteiger partial charge < -0.3 is 5.32 Å². The number of carbonyl (C=O) groups excluding carboxylic acids is 1. The largest absolute Gasteiger partial charge is 0.316 e. The number of benzene rings is 2. The van der Waals surface area contributed by atoms with Crippen molar-refractivity contribution in [1.82, 2.24) is 5.32 Å². The third kappa shape index (κ3) is 3.03. The first-order valence-electron chi connectivity index (χ1n) is 7.35. The van der Waals surface area contributed by atoms with Crippen LogP contribution in [0.25, 0.3) is 11.1 Å². The van der Waals surface area contributed by atoms with Crippen molar-refractivity contribution in [3.63, 3.8) is 0 Å². The molecular weight excluding hydrogens is 265 g/mol. The molecule has 2 nitrogen and oxygen atoms in total. The van der Waals surface area contributed by atoms with Crippen LogP contribution in [0.3, 0.4) is 0 Å². The molecule has 0 aliphatic carbocycles. The van der Waals surface area contributed by atoms with Gasteiger partial charge in [-0.3, -0.25) is 4.79 Å². The number of piperidine rings is 1. The summed E-state index contributed by atoms with van der Waals surface area (Å²) in [7, 11) is 0. The first-order valence-corrected chi connectivity index (χ1v) is 7.35. The second kappa shape index (κ2) is 6.19. The van der Waals surface area contributed by atoms with E-state index in [1.54, 1.807) is 12.1 Å². The SMILES string of the molecule is O=C(c1ccc(-c2ccccc2)c(F)c1)C1CCCNC1. The smallest absolute Gasteiger partial charge is 0.167 e. The predicted molar refractivity (Wildman–Crippen MR) is 81.8 cm³/mol. The van der Waals surface area contributed by atoms with Gasteiger partial charge in [-0.2, -0.15) is 0 Å². The molecule has 1 aliphatic rings. The molecule has 1 heterocycles. The highest BCUT2D eigenvalue weighted by Crippen LogP contribution is 2.25. The van der Waals surface area contributed by atoms with Crippen molar-refractivity contribution in [3.05, 3.63) is 59.9 Å². The van der Waals surface area contributed by atoms with Gasteiger partial charge in [0.2, 0.25) is 0 Å². The monoisotopic (exact) mass is 283 g/mol. The lowest BCUT2D eigenvalue weighted by Gasteiger charge is -2.21. The van der Waals surface area contributed by atoms with Gasteiger partial charge in [-0.25, -0.2) is 4.39 Å². The van der Waals surface area contributed by atoms with Gasteiger partial charge in [0.15, 0.2) is 5.78 Å². The molecule has 0 bridgehead atoms. The van der Waals surface area contributed by atoms with Crippen LogP contribution in [0.2, 0.25) is 0 Å². The predicted octanol–water partition coefficient (Wildman–Crippen LogP) is 3.68. The van der Waals surface area contributed by atoms with Gasteiger partial charge in [0.1, 0.15) is 5.82 Å². The van der Waals surface area contributed by atoms with Crippen LogP contribution >= 0.6 is 0 Å². The number of Topliss-reactive ketones (excluding diaryl/α,β-unsaturated/α-hetero) is 1. The molecule has 2 aromatic carbocycles. The highest BCUT2D eigenvalue weighted by atomic mass is 19.1. The van der Waals surface area contributed by atoms with Crippen molar-refractivity contribution in [3.8, 4) is 11.1 Å². The molecule has 1 aliphatic heterocycles. The Kier molecular flexibility index (Phi) is 4.11. The summed E-state index contributed by atoms with van der Waals surface area (Å²) in [5.74, 6) is -0.322. The normalized spacial score (nSPS) is 18.4. The minimum Gasteiger partial charge on any atom is -0.316 e. The molecule has 108 valence electrons. The third-order valence-electron chi connectivity index (χ3n) is 4.01. The molecule has 3 heteroatoms. The van der Waals surface area contributed by atoms with E-state index in [4.69, 9.17) is 0 Å². The number of rotatable bonds is 3. The molecule has 3 rings (SSSR count). The maximum absolute atomic E-state index is 14.3. The number of ketones is 1. The Morgan fingerprint density at radius 2 is 1.95 bits per heavy atom. The number of nitrogens with one attached hydrogen (secondary N) is 1. The van der Waals surface area contributed by atoms with Crippen molar-refractivity contribution in [2.75, 3.05) is 13.1 Å². The second-order valence-corrected chi connectivity index (χ2v) is 5.47. The first-order chi connectivity index (χ1) is 10.3. The number of hydrogen-bond acceptors (Lipinski definition) is 2. The maximum Gasteiger partial charge on any atom is 0.167 e. The first kappa shape index (κ1) is 14.0. The molecule has 0 saturated carbocycles. The third-order valence-corrected chi connectivity index (χ3v) is 4.01. The molecular formula is C18H18FNO. The van der Waals surface area contributed by atoms with E-state index in [1.165, 1.54) is 6.07 Å². The summed E-state index contributed by atoms with van der Waals surface area (Å²) in [5, 5.41) is 3.22. The molecule has 1 N–H and O–H groups in total.